The lowest BCUT2D eigenvalue weighted by atomic mass is 10.1. The summed E-state index contributed by atoms with van der Waals surface area (Å²) in [5, 5.41) is 9.49. The molecular weight excluding hydrogens is 439 g/mol. The van der Waals surface area contributed by atoms with E-state index in [2.05, 4.69) is 9.46 Å². The highest BCUT2D eigenvalue weighted by atomic mass is 32.2. The Morgan fingerprint density at radius 2 is 1.94 bits per heavy atom. The molecule has 0 aliphatic rings. The van der Waals surface area contributed by atoms with Gasteiger partial charge in [-0.05, 0) is 49.2 Å². The molecule has 11 heteroatoms. The summed E-state index contributed by atoms with van der Waals surface area (Å²) in [6.45, 7) is 0.101. The Balaban J connectivity index is 1.68. The fraction of sp³-hybridized carbons (Fsp3) is 0.250. The molecule has 2 aromatic carbocycles. The number of halogens is 3. The Hall–Kier alpha value is -3.05. The number of carboxylic acids is 1. The number of carboxylic acid groups (broad SMARTS) is 1. The molecule has 1 aromatic heterocycles. The monoisotopic (exact) mass is 457 g/mol. The van der Waals surface area contributed by atoms with Gasteiger partial charge in [-0.15, -0.1) is 0 Å². The van der Waals surface area contributed by atoms with Crippen molar-refractivity contribution in [2.45, 2.75) is 24.4 Å². The van der Waals surface area contributed by atoms with Crippen molar-refractivity contribution in [2.24, 2.45) is 0 Å². The van der Waals surface area contributed by atoms with Crippen LogP contribution in [0.3, 0.4) is 0 Å². The molecule has 1 heterocycles. The van der Waals surface area contributed by atoms with Crippen molar-refractivity contribution in [1.29, 1.82) is 0 Å². The highest BCUT2D eigenvalue weighted by Crippen LogP contribution is 2.27. The van der Waals surface area contributed by atoms with Gasteiger partial charge < -0.3 is 14.3 Å². The first kappa shape index (κ1) is 22.6. The largest absolute Gasteiger partial charge is 0.484 e. The summed E-state index contributed by atoms with van der Waals surface area (Å²) in [5.74, 6) is -1.48. The molecule has 166 valence electrons. The molecule has 7 nitrogen and oxygen atoms in total. The van der Waals surface area contributed by atoms with Crippen LogP contribution >= 0.6 is 0 Å². The van der Waals surface area contributed by atoms with Gasteiger partial charge in [0.2, 0.25) is 15.8 Å². The molecule has 0 atom stereocenters. The van der Waals surface area contributed by atoms with Gasteiger partial charge in [0, 0.05) is 17.5 Å². The number of aryl methyl sites for hydroxylation is 1. The van der Waals surface area contributed by atoms with Crippen molar-refractivity contribution in [1.82, 2.24) is 4.72 Å². The molecule has 0 unspecified atom stereocenters. The number of hydrogen-bond acceptors (Lipinski definition) is 5. The van der Waals surface area contributed by atoms with Gasteiger partial charge in [0.05, 0.1) is 4.90 Å². The molecule has 31 heavy (non-hydrogen) atoms. The summed E-state index contributed by atoms with van der Waals surface area (Å²) >= 11 is 0. The summed E-state index contributed by atoms with van der Waals surface area (Å²) in [6, 6.07) is 9.96. The van der Waals surface area contributed by atoms with Gasteiger partial charge >= 0.3 is 12.1 Å². The van der Waals surface area contributed by atoms with Gasteiger partial charge in [-0.2, -0.15) is 13.2 Å². The van der Waals surface area contributed by atoms with E-state index in [-0.39, 0.29) is 35.0 Å². The first-order valence-electron chi connectivity index (χ1n) is 9.01. The summed E-state index contributed by atoms with van der Waals surface area (Å²) in [7, 11) is -3.91. The normalized spacial score (nSPS) is 12.3. The van der Waals surface area contributed by atoms with Crippen molar-refractivity contribution >= 4 is 27.0 Å². The highest BCUT2D eigenvalue weighted by Gasteiger charge is 2.28. The molecule has 0 saturated heterocycles. The Bertz CT molecular complexity index is 1220. The zero-order valence-electron chi connectivity index (χ0n) is 16.2. The van der Waals surface area contributed by atoms with E-state index in [0.717, 1.165) is 0 Å². The predicted octanol–water partition coefficient (Wildman–Crippen LogP) is 3.90. The molecule has 0 aliphatic carbocycles. The number of hydrogen-bond donors (Lipinski definition) is 2. The molecule has 0 bridgehead atoms. The molecule has 0 amide bonds. The van der Waals surface area contributed by atoms with Crippen LogP contribution < -0.4 is 9.46 Å². The van der Waals surface area contributed by atoms with Crippen LogP contribution in [0.2, 0.25) is 0 Å². The molecule has 3 aromatic rings. The Morgan fingerprint density at radius 1 is 1.19 bits per heavy atom. The minimum atomic E-state index is -4.45. The second-order valence-electron chi connectivity index (χ2n) is 6.72. The topological polar surface area (TPSA) is 106 Å². The first-order valence-corrected chi connectivity index (χ1v) is 10.5. The molecule has 0 fully saturated rings. The van der Waals surface area contributed by atoms with Crippen LogP contribution in [-0.4, -0.2) is 38.8 Å². The summed E-state index contributed by atoms with van der Waals surface area (Å²) in [5.41, 5.74) is 1.16. The average molecular weight is 457 g/mol. The quantitative estimate of drug-likeness (QED) is 0.532. The highest BCUT2D eigenvalue weighted by molar-refractivity contribution is 7.89. The molecule has 0 spiro atoms. The van der Waals surface area contributed by atoms with Gasteiger partial charge in [0.25, 0.3) is 0 Å². The lowest BCUT2D eigenvalue weighted by molar-refractivity contribution is -0.153. The standard InChI is InChI=1S/C20H18F3NO6S/c1-12-16-10-15(5-6-17(16)30-18(12)19(25)26)31(27,28)24-8-7-13-3-2-4-14(9-13)29-11-20(21,22)23/h2-6,9-10,24H,7-8,11H2,1H3,(H,25,26). The van der Waals surface area contributed by atoms with E-state index in [9.17, 15) is 26.4 Å². The maximum atomic E-state index is 12.6. The average Bonchev–Trinajstić information content (AvgIpc) is 3.02. The summed E-state index contributed by atoms with van der Waals surface area (Å²) in [4.78, 5) is 11.1. The first-order chi connectivity index (χ1) is 14.5. The van der Waals surface area contributed by atoms with Crippen molar-refractivity contribution in [3.63, 3.8) is 0 Å². The number of alkyl halides is 3. The van der Waals surface area contributed by atoms with E-state index in [1.165, 1.54) is 43.3 Å². The van der Waals surface area contributed by atoms with Crippen molar-refractivity contribution in [2.75, 3.05) is 13.2 Å². The van der Waals surface area contributed by atoms with Gasteiger partial charge in [0.1, 0.15) is 11.3 Å². The van der Waals surface area contributed by atoms with Crippen molar-refractivity contribution in [3.05, 3.63) is 59.4 Å². The van der Waals surface area contributed by atoms with Crippen LogP contribution in [0, 0.1) is 6.92 Å². The second-order valence-corrected chi connectivity index (χ2v) is 8.49. The number of ether oxygens (including phenoxy) is 1. The van der Waals surface area contributed by atoms with Gasteiger partial charge in [0.15, 0.2) is 6.61 Å². The number of fused-ring (bicyclic) bond motifs is 1. The number of rotatable bonds is 8. The van der Waals surface area contributed by atoms with Gasteiger partial charge in [-0.3, -0.25) is 0 Å². The lowest BCUT2D eigenvalue weighted by Crippen LogP contribution is -2.26. The van der Waals surface area contributed by atoms with Gasteiger partial charge in [-0.1, -0.05) is 12.1 Å². The van der Waals surface area contributed by atoms with Gasteiger partial charge in [-0.25, -0.2) is 17.9 Å². The zero-order valence-corrected chi connectivity index (χ0v) is 17.0. The zero-order chi connectivity index (χ0) is 22.8. The van der Waals surface area contributed by atoms with Crippen LogP contribution in [0.5, 0.6) is 5.75 Å². The molecule has 0 aliphatic heterocycles. The van der Waals surface area contributed by atoms with E-state index in [0.29, 0.717) is 16.5 Å². The molecule has 0 radical (unpaired) electrons. The number of sulfonamides is 1. The number of nitrogens with one attached hydrogen (secondary N) is 1. The number of carbonyl (C=O) groups is 1. The summed E-state index contributed by atoms with van der Waals surface area (Å²) < 4.78 is 74.3. The number of benzene rings is 2. The third-order valence-electron chi connectivity index (χ3n) is 4.42. The maximum Gasteiger partial charge on any atom is 0.422 e. The minimum absolute atomic E-state index is 0.00611. The SMILES string of the molecule is Cc1c(C(=O)O)oc2ccc(S(=O)(=O)NCCc3cccc(OCC(F)(F)F)c3)cc12. The van der Waals surface area contributed by atoms with E-state index in [1.54, 1.807) is 6.07 Å². The predicted molar refractivity (Wildman–Crippen MR) is 105 cm³/mol. The van der Waals surface area contributed by atoms with Crippen LogP contribution in [0.15, 0.2) is 51.8 Å². The van der Waals surface area contributed by atoms with E-state index in [1.807, 2.05) is 0 Å². The fourth-order valence-corrected chi connectivity index (χ4v) is 4.00. The third kappa shape index (κ3) is 5.56. The van der Waals surface area contributed by atoms with Crippen molar-refractivity contribution in [3.8, 4) is 5.75 Å². The van der Waals surface area contributed by atoms with E-state index < -0.39 is 28.8 Å². The molecule has 2 N–H and O–H groups in total. The fourth-order valence-electron chi connectivity index (χ4n) is 2.94. The Kier molecular flexibility index (Phi) is 6.27. The summed E-state index contributed by atoms with van der Waals surface area (Å²) in [6.07, 6.45) is -4.23. The molecule has 3 rings (SSSR count). The van der Waals surface area contributed by atoms with Crippen LogP contribution in [0.1, 0.15) is 21.7 Å². The smallest absolute Gasteiger partial charge is 0.422 e. The Morgan fingerprint density at radius 3 is 2.61 bits per heavy atom. The Labute approximate surface area is 175 Å². The maximum absolute atomic E-state index is 12.6. The lowest BCUT2D eigenvalue weighted by Gasteiger charge is -2.11. The van der Waals surface area contributed by atoms with E-state index >= 15 is 0 Å². The number of furan rings is 1. The second kappa shape index (κ2) is 8.60. The van der Waals surface area contributed by atoms with Crippen LogP contribution in [0.25, 0.3) is 11.0 Å². The van der Waals surface area contributed by atoms with Crippen LogP contribution in [0.4, 0.5) is 13.2 Å². The minimum Gasteiger partial charge on any atom is -0.484 e. The van der Waals surface area contributed by atoms with Crippen molar-refractivity contribution < 1.29 is 40.6 Å². The molecule has 0 saturated carbocycles. The third-order valence-corrected chi connectivity index (χ3v) is 5.88. The number of aromatic carboxylic acids is 1. The molecular formula is C20H18F3NO6S. The van der Waals surface area contributed by atoms with E-state index in [4.69, 9.17) is 9.52 Å². The van der Waals surface area contributed by atoms with Crippen LogP contribution in [-0.2, 0) is 16.4 Å².